The average molecular weight is 371 g/mol. The molecule has 0 spiro atoms. The lowest BCUT2D eigenvalue weighted by Gasteiger charge is -2.31. The molecule has 1 aliphatic heterocycles. The highest BCUT2D eigenvalue weighted by Gasteiger charge is 2.22. The lowest BCUT2D eigenvalue weighted by atomic mass is 9.96. The maximum absolute atomic E-state index is 12.5. The van der Waals surface area contributed by atoms with Gasteiger partial charge in [0.2, 0.25) is 5.89 Å². The maximum Gasteiger partial charge on any atom is 0.253 e. The van der Waals surface area contributed by atoms with Crippen molar-refractivity contribution in [2.45, 2.75) is 53.5 Å². The number of amides is 1. The Morgan fingerprint density at radius 1 is 1.26 bits per heavy atom. The summed E-state index contributed by atoms with van der Waals surface area (Å²) in [5.41, 5.74) is 3.14. The SMILES string of the molecule is CCc1nnc(C)cc1C(=O)NCC1CCN(Cc2nc(C)c(C)o2)CC1. The maximum atomic E-state index is 12.5. The Labute approximate surface area is 160 Å². The van der Waals surface area contributed by atoms with Crippen molar-refractivity contribution in [1.82, 2.24) is 25.4 Å². The quantitative estimate of drug-likeness (QED) is 0.840. The first-order chi connectivity index (χ1) is 13.0. The van der Waals surface area contributed by atoms with Gasteiger partial charge in [-0.3, -0.25) is 9.69 Å². The molecule has 1 amide bonds. The van der Waals surface area contributed by atoms with Crippen molar-refractivity contribution in [3.8, 4) is 0 Å². The van der Waals surface area contributed by atoms with E-state index in [2.05, 4.69) is 25.4 Å². The molecule has 3 heterocycles. The predicted octanol–water partition coefficient (Wildman–Crippen LogP) is 2.59. The van der Waals surface area contributed by atoms with Crippen LogP contribution in [-0.2, 0) is 13.0 Å². The van der Waals surface area contributed by atoms with Gasteiger partial charge in [-0.25, -0.2) is 4.98 Å². The summed E-state index contributed by atoms with van der Waals surface area (Å²) < 4.78 is 5.68. The molecule has 7 heteroatoms. The highest BCUT2D eigenvalue weighted by atomic mass is 16.4. The van der Waals surface area contributed by atoms with E-state index in [1.807, 2.05) is 33.8 Å². The van der Waals surface area contributed by atoms with Gasteiger partial charge in [0.15, 0.2) is 0 Å². The van der Waals surface area contributed by atoms with Gasteiger partial charge < -0.3 is 9.73 Å². The van der Waals surface area contributed by atoms with Gasteiger partial charge in [-0.15, -0.1) is 0 Å². The van der Waals surface area contributed by atoms with Gasteiger partial charge in [-0.1, -0.05) is 6.92 Å². The third-order valence-electron chi connectivity index (χ3n) is 5.26. The number of hydrogen-bond acceptors (Lipinski definition) is 6. The fraction of sp³-hybridized carbons (Fsp3) is 0.600. The van der Waals surface area contributed by atoms with E-state index in [1.165, 1.54) is 0 Å². The van der Waals surface area contributed by atoms with Crippen molar-refractivity contribution >= 4 is 5.91 Å². The zero-order valence-electron chi connectivity index (χ0n) is 16.7. The zero-order chi connectivity index (χ0) is 19.4. The van der Waals surface area contributed by atoms with Crippen LogP contribution in [0.4, 0.5) is 0 Å². The summed E-state index contributed by atoms with van der Waals surface area (Å²) >= 11 is 0. The summed E-state index contributed by atoms with van der Waals surface area (Å²) in [7, 11) is 0. The summed E-state index contributed by atoms with van der Waals surface area (Å²) in [6, 6.07) is 1.82. The number of aromatic nitrogens is 3. The number of nitrogens with one attached hydrogen (secondary N) is 1. The highest BCUT2D eigenvalue weighted by Crippen LogP contribution is 2.19. The van der Waals surface area contributed by atoms with Crippen LogP contribution >= 0.6 is 0 Å². The van der Waals surface area contributed by atoms with Gasteiger partial charge in [0.25, 0.3) is 5.91 Å². The zero-order valence-corrected chi connectivity index (χ0v) is 16.7. The van der Waals surface area contributed by atoms with Crippen LogP contribution in [0.2, 0.25) is 0 Å². The molecular formula is C20H29N5O2. The van der Waals surface area contributed by atoms with Crippen LogP contribution in [0.15, 0.2) is 10.5 Å². The molecule has 27 heavy (non-hydrogen) atoms. The molecule has 3 rings (SSSR count). The van der Waals surface area contributed by atoms with E-state index in [4.69, 9.17) is 4.42 Å². The van der Waals surface area contributed by atoms with Crippen molar-refractivity contribution in [3.05, 3.63) is 40.4 Å². The van der Waals surface area contributed by atoms with E-state index in [-0.39, 0.29) is 5.91 Å². The average Bonchev–Trinajstić information content (AvgIpc) is 2.98. The Kier molecular flexibility index (Phi) is 6.21. The molecule has 0 bridgehead atoms. The molecule has 146 valence electrons. The minimum atomic E-state index is -0.0435. The smallest absolute Gasteiger partial charge is 0.253 e. The molecule has 0 saturated carbocycles. The van der Waals surface area contributed by atoms with Gasteiger partial charge in [0.1, 0.15) is 5.76 Å². The number of oxazole rings is 1. The van der Waals surface area contributed by atoms with E-state index in [1.54, 1.807) is 0 Å². The molecule has 0 aromatic carbocycles. The van der Waals surface area contributed by atoms with Crippen LogP contribution < -0.4 is 5.32 Å². The summed E-state index contributed by atoms with van der Waals surface area (Å²) in [6.45, 7) is 11.2. The van der Waals surface area contributed by atoms with Crippen LogP contribution in [0.3, 0.4) is 0 Å². The van der Waals surface area contributed by atoms with Crippen molar-refractivity contribution in [2.75, 3.05) is 19.6 Å². The first-order valence-electron chi connectivity index (χ1n) is 9.73. The van der Waals surface area contributed by atoms with Crippen LogP contribution in [0.1, 0.15) is 58.9 Å². The fourth-order valence-corrected chi connectivity index (χ4v) is 3.45. The Morgan fingerprint density at radius 2 is 2.00 bits per heavy atom. The third kappa shape index (κ3) is 4.91. The number of aryl methyl sites for hydroxylation is 4. The first kappa shape index (κ1) is 19.5. The van der Waals surface area contributed by atoms with E-state index in [9.17, 15) is 4.79 Å². The Balaban J connectivity index is 1.47. The molecule has 7 nitrogen and oxygen atoms in total. The van der Waals surface area contributed by atoms with Crippen molar-refractivity contribution < 1.29 is 9.21 Å². The summed E-state index contributed by atoms with van der Waals surface area (Å²) in [4.78, 5) is 19.4. The van der Waals surface area contributed by atoms with Crippen LogP contribution in [0.5, 0.6) is 0 Å². The van der Waals surface area contributed by atoms with Crippen LogP contribution in [0, 0.1) is 26.7 Å². The van der Waals surface area contributed by atoms with Gasteiger partial charge in [0, 0.05) is 6.54 Å². The molecule has 1 saturated heterocycles. The van der Waals surface area contributed by atoms with Crippen LogP contribution in [0.25, 0.3) is 0 Å². The molecule has 2 aromatic rings. The number of hydrogen-bond donors (Lipinski definition) is 1. The number of piperidine rings is 1. The summed E-state index contributed by atoms with van der Waals surface area (Å²) in [5.74, 6) is 2.15. The summed E-state index contributed by atoms with van der Waals surface area (Å²) in [6.07, 6.45) is 2.83. The molecule has 2 aromatic heterocycles. The number of carbonyl (C=O) groups is 1. The Hall–Kier alpha value is -2.28. The molecule has 0 radical (unpaired) electrons. The van der Waals surface area contributed by atoms with Crippen LogP contribution in [-0.4, -0.2) is 45.6 Å². The molecule has 1 N–H and O–H groups in total. The molecule has 1 fully saturated rings. The molecular weight excluding hydrogens is 342 g/mol. The molecule has 0 atom stereocenters. The standard InChI is InChI=1S/C20H29N5O2/c1-5-18-17(10-13(2)23-24-18)20(26)21-11-16-6-8-25(9-7-16)12-19-22-14(3)15(4)27-19/h10,16H,5-9,11-12H2,1-4H3,(H,21,26). The van der Waals surface area contributed by atoms with E-state index in [0.717, 1.165) is 61.2 Å². The second kappa shape index (κ2) is 8.61. The van der Waals surface area contributed by atoms with E-state index in [0.29, 0.717) is 24.4 Å². The van der Waals surface area contributed by atoms with Crippen molar-refractivity contribution in [1.29, 1.82) is 0 Å². The molecule has 0 unspecified atom stereocenters. The fourth-order valence-electron chi connectivity index (χ4n) is 3.45. The Bertz CT molecular complexity index is 774. The monoisotopic (exact) mass is 371 g/mol. The van der Waals surface area contributed by atoms with Crippen molar-refractivity contribution in [2.24, 2.45) is 5.92 Å². The van der Waals surface area contributed by atoms with Gasteiger partial charge >= 0.3 is 0 Å². The highest BCUT2D eigenvalue weighted by molar-refractivity contribution is 5.95. The van der Waals surface area contributed by atoms with E-state index < -0.39 is 0 Å². The second-order valence-electron chi connectivity index (χ2n) is 7.38. The second-order valence-corrected chi connectivity index (χ2v) is 7.38. The minimum absolute atomic E-state index is 0.0435. The molecule has 0 aliphatic carbocycles. The number of nitrogens with zero attached hydrogens (tertiary/aromatic N) is 4. The minimum Gasteiger partial charge on any atom is -0.444 e. The third-order valence-corrected chi connectivity index (χ3v) is 5.26. The predicted molar refractivity (Wildman–Crippen MR) is 102 cm³/mol. The summed E-state index contributed by atoms with van der Waals surface area (Å²) in [5, 5.41) is 11.3. The lowest BCUT2D eigenvalue weighted by molar-refractivity contribution is 0.0932. The topological polar surface area (TPSA) is 84.2 Å². The number of likely N-dealkylation sites (tertiary alicyclic amines) is 1. The number of rotatable bonds is 6. The van der Waals surface area contributed by atoms with Gasteiger partial charge in [0.05, 0.1) is 29.2 Å². The normalized spacial score (nSPS) is 15.9. The molecule has 1 aliphatic rings. The van der Waals surface area contributed by atoms with Gasteiger partial charge in [-0.2, -0.15) is 10.2 Å². The first-order valence-corrected chi connectivity index (χ1v) is 9.73. The Morgan fingerprint density at radius 3 is 2.63 bits per heavy atom. The number of carbonyl (C=O) groups excluding carboxylic acids is 1. The lowest BCUT2D eigenvalue weighted by Crippen LogP contribution is -2.38. The van der Waals surface area contributed by atoms with Crippen molar-refractivity contribution in [3.63, 3.8) is 0 Å². The van der Waals surface area contributed by atoms with Gasteiger partial charge in [-0.05, 0) is 65.1 Å². The van der Waals surface area contributed by atoms with E-state index >= 15 is 0 Å². The largest absolute Gasteiger partial charge is 0.444 e.